The van der Waals surface area contributed by atoms with Gasteiger partial charge in [-0.1, -0.05) is 19.8 Å². The predicted octanol–water partition coefficient (Wildman–Crippen LogP) is 3.53. The zero-order valence-electron chi connectivity index (χ0n) is 9.55. The zero-order chi connectivity index (χ0) is 12.7. The highest BCUT2D eigenvalue weighted by Crippen LogP contribution is 2.40. The van der Waals surface area contributed by atoms with Gasteiger partial charge in [-0.3, -0.25) is 0 Å². The third-order valence-electron chi connectivity index (χ3n) is 3.25. The standard InChI is InChI=1S/C11H15F3N2S/c1-7-3-2-4-10(15,5-7)9-16-8(6-17-9)11(12,13)14/h6-7H,2-5,15H2,1H3. The summed E-state index contributed by atoms with van der Waals surface area (Å²) in [5.41, 5.74) is 4.73. The number of thiazole rings is 1. The van der Waals surface area contributed by atoms with Crippen LogP contribution in [0.2, 0.25) is 0 Å². The number of aromatic nitrogens is 1. The maximum atomic E-state index is 12.5. The third-order valence-corrected chi connectivity index (χ3v) is 4.32. The fourth-order valence-corrected chi connectivity index (χ4v) is 3.40. The van der Waals surface area contributed by atoms with Gasteiger partial charge in [0.2, 0.25) is 0 Å². The minimum Gasteiger partial charge on any atom is -0.319 e. The van der Waals surface area contributed by atoms with Gasteiger partial charge in [-0.25, -0.2) is 4.98 Å². The lowest BCUT2D eigenvalue weighted by molar-refractivity contribution is -0.140. The second-order valence-electron chi connectivity index (χ2n) is 4.89. The summed E-state index contributed by atoms with van der Waals surface area (Å²) in [5.74, 6) is 0.451. The van der Waals surface area contributed by atoms with E-state index in [4.69, 9.17) is 5.73 Å². The Morgan fingerprint density at radius 1 is 1.53 bits per heavy atom. The van der Waals surface area contributed by atoms with Crippen molar-refractivity contribution in [2.75, 3.05) is 0 Å². The van der Waals surface area contributed by atoms with Gasteiger partial charge < -0.3 is 5.73 Å². The average Bonchev–Trinajstić information content (AvgIpc) is 2.65. The van der Waals surface area contributed by atoms with Crippen molar-refractivity contribution in [3.63, 3.8) is 0 Å². The van der Waals surface area contributed by atoms with Crippen LogP contribution < -0.4 is 5.73 Å². The molecule has 1 aromatic rings. The Morgan fingerprint density at radius 2 is 2.24 bits per heavy atom. The van der Waals surface area contributed by atoms with Gasteiger partial charge in [-0.2, -0.15) is 13.2 Å². The van der Waals surface area contributed by atoms with Crippen LogP contribution in [0, 0.1) is 5.92 Å². The van der Waals surface area contributed by atoms with Gasteiger partial charge in [0.1, 0.15) is 5.01 Å². The summed E-state index contributed by atoms with van der Waals surface area (Å²) in [5, 5.41) is 1.49. The summed E-state index contributed by atoms with van der Waals surface area (Å²) < 4.78 is 37.4. The molecule has 0 amide bonds. The number of nitrogens with two attached hydrogens (primary N) is 1. The molecule has 2 N–H and O–H groups in total. The van der Waals surface area contributed by atoms with Crippen molar-refractivity contribution in [1.29, 1.82) is 0 Å². The first-order chi connectivity index (χ1) is 7.81. The van der Waals surface area contributed by atoms with Crippen LogP contribution in [0.3, 0.4) is 0 Å². The maximum absolute atomic E-state index is 12.5. The van der Waals surface area contributed by atoms with E-state index in [-0.39, 0.29) is 0 Å². The van der Waals surface area contributed by atoms with E-state index in [9.17, 15) is 13.2 Å². The van der Waals surface area contributed by atoms with Crippen molar-refractivity contribution >= 4 is 11.3 Å². The van der Waals surface area contributed by atoms with Crippen LogP contribution >= 0.6 is 11.3 Å². The number of rotatable bonds is 1. The van der Waals surface area contributed by atoms with E-state index in [1.54, 1.807) is 0 Å². The first-order valence-electron chi connectivity index (χ1n) is 5.63. The molecule has 2 rings (SSSR count). The molecule has 6 heteroatoms. The van der Waals surface area contributed by atoms with Crippen molar-refractivity contribution in [1.82, 2.24) is 4.98 Å². The number of alkyl halides is 3. The first kappa shape index (κ1) is 12.8. The van der Waals surface area contributed by atoms with Gasteiger partial charge in [0, 0.05) is 5.38 Å². The largest absolute Gasteiger partial charge is 0.434 e. The number of halogens is 3. The SMILES string of the molecule is CC1CCCC(N)(c2nc(C(F)(F)F)cs2)C1. The van der Waals surface area contributed by atoms with E-state index in [2.05, 4.69) is 11.9 Å². The second kappa shape index (κ2) is 4.24. The molecular weight excluding hydrogens is 249 g/mol. The lowest BCUT2D eigenvalue weighted by atomic mass is 9.77. The van der Waals surface area contributed by atoms with E-state index >= 15 is 0 Å². The van der Waals surface area contributed by atoms with E-state index < -0.39 is 17.4 Å². The molecule has 1 heterocycles. The molecule has 0 bridgehead atoms. The lowest BCUT2D eigenvalue weighted by Gasteiger charge is -2.35. The molecule has 17 heavy (non-hydrogen) atoms. The summed E-state index contributed by atoms with van der Waals surface area (Å²) in [6.07, 6.45) is -0.875. The number of hydrogen-bond donors (Lipinski definition) is 1. The van der Waals surface area contributed by atoms with Crippen LogP contribution in [0.1, 0.15) is 43.3 Å². The van der Waals surface area contributed by atoms with Crippen LogP contribution in [0.5, 0.6) is 0 Å². The molecule has 1 aliphatic carbocycles. The van der Waals surface area contributed by atoms with E-state index in [1.165, 1.54) is 0 Å². The fraction of sp³-hybridized carbons (Fsp3) is 0.727. The molecule has 1 fully saturated rings. The van der Waals surface area contributed by atoms with Crippen molar-refractivity contribution in [3.05, 3.63) is 16.1 Å². The Hall–Kier alpha value is -0.620. The monoisotopic (exact) mass is 264 g/mol. The van der Waals surface area contributed by atoms with Gasteiger partial charge in [-0.05, 0) is 18.8 Å². The Labute approximate surface area is 102 Å². The zero-order valence-corrected chi connectivity index (χ0v) is 10.4. The summed E-state index contributed by atoms with van der Waals surface area (Å²) in [6, 6.07) is 0. The molecule has 2 atom stereocenters. The smallest absolute Gasteiger partial charge is 0.319 e. The van der Waals surface area contributed by atoms with Crippen LogP contribution in [0.25, 0.3) is 0 Å². The van der Waals surface area contributed by atoms with Crippen LogP contribution in [0.4, 0.5) is 13.2 Å². The number of hydrogen-bond acceptors (Lipinski definition) is 3. The molecule has 0 aliphatic heterocycles. The van der Waals surface area contributed by atoms with E-state index in [0.29, 0.717) is 10.9 Å². The Kier molecular flexibility index (Phi) is 3.20. The second-order valence-corrected chi connectivity index (χ2v) is 5.75. The molecule has 96 valence electrons. The maximum Gasteiger partial charge on any atom is 0.434 e. The molecular formula is C11H15F3N2S. The van der Waals surface area contributed by atoms with Gasteiger partial charge in [0.15, 0.2) is 5.69 Å². The molecule has 2 unspecified atom stereocenters. The highest BCUT2D eigenvalue weighted by molar-refractivity contribution is 7.09. The Bertz CT molecular complexity index is 402. The summed E-state index contributed by atoms with van der Waals surface area (Å²) in [7, 11) is 0. The van der Waals surface area contributed by atoms with Crippen LogP contribution in [0.15, 0.2) is 5.38 Å². The first-order valence-corrected chi connectivity index (χ1v) is 6.51. The van der Waals surface area contributed by atoms with Gasteiger partial charge >= 0.3 is 6.18 Å². The highest BCUT2D eigenvalue weighted by atomic mass is 32.1. The van der Waals surface area contributed by atoms with Crippen LogP contribution in [-0.4, -0.2) is 4.98 Å². The van der Waals surface area contributed by atoms with Gasteiger partial charge in [0.05, 0.1) is 5.54 Å². The minimum atomic E-state index is -4.37. The van der Waals surface area contributed by atoms with E-state index in [1.807, 2.05) is 0 Å². The molecule has 2 nitrogen and oxygen atoms in total. The summed E-state index contributed by atoms with van der Waals surface area (Å²) in [4.78, 5) is 3.68. The molecule has 0 aromatic carbocycles. The molecule has 0 spiro atoms. The third kappa shape index (κ3) is 2.63. The molecule has 1 aliphatic rings. The predicted molar refractivity (Wildman–Crippen MR) is 60.6 cm³/mol. The number of nitrogens with zero attached hydrogens (tertiary/aromatic N) is 1. The molecule has 1 saturated carbocycles. The lowest BCUT2D eigenvalue weighted by Crippen LogP contribution is -2.41. The summed E-state index contributed by atoms with van der Waals surface area (Å²) >= 11 is 1.03. The van der Waals surface area contributed by atoms with E-state index in [0.717, 1.165) is 42.4 Å². The van der Waals surface area contributed by atoms with Crippen molar-refractivity contribution in [3.8, 4) is 0 Å². The normalized spacial score (nSPS) is 30.5. The molecule has 1 aromatic heterocycles. The Balaban J connectivity index is 2.24. The van der Waals surface area contributed by atoms with Gasteiger partial charge in [0.25, 0.3) is 0 Å². The summed E-state index contributed by atoms with van der Waals surface area (Å²) in [6.45, 7) is 2.08. The quantitative estimate of drug-likeness (QED) is 0.842. The molecule has 0 radical (unpaired) electrons. The van der Waals surface area contributed by atoms with Crippen LogP contribution in [-0.2, 0) is 11.7 Å². The topological polar surface area (TPSA) is 38.9 Å². The van der Waals surface area contributed by atoms with Crippen molar-refractivity contribution < 1.29 is 13.2 Å². The van der Waals surface area contributed by atoms with Gasteiger partial charge in [-0.15, -0.1) is 11.3 Å². The molecule has 0 saturated heterocycles. The van der Waals surface area contributed by atoms with Crippen molar-refractivity contribution in [2.24, 2.45) is 11.7 Å². The van der Waals surface area contributed by atoms with Crippen molar-refractivity contribution in [2.45, 2.75) is 44.3 Å². The Morgan fingerprint density at radius 3 is 2.76 bits per heavy atom. The highest BCUT2D eigenvalue weighted by Gasteiger charge is 2.39. The average molecular weight is 264 g/mol. The minimum absolute atomic E-state index is 0.427. The fourth-order valence-electron chi connectivity index (χ4n) is 2.42.